The molecule has 17 heavy (non-hydrogen) atoms. The Hall–Kier alpha value is -0.960. The Morgan fingerprint density at radius 3 is 2.82 bits per heavy atom. The number of nitrogens with zero attached hydrogens (tertiary/aromatic N) is 3. The van der Waals surface area contributed by atoms with Crippen LogP contribution in [0.25, 0.3) is 0 Å². The first kappa shape index (κ1) is 14.1. The van der Waals surface area contributed by atoms with E-state index in [1.165, 1.54) is 11.4 Å². The second kappa shape index (κ2) is 6.10. The average molecular weight is 262 g/mol. The predicted molar refractivity (Wildman–Crippen MR) is 63.3 cm³/mol. The molecule has 7 nitrogen and oxygen atoms in total. The zero-order valence-electron chi connectivity index (χ0n) is 10.00. The molecule has 2 N–H and O–H groups in total. The molecule has 1 heterocycles. The maximum absolute atomic E-state index is 11.7. The molecule has 1 rings (SSSR count). The van der Waals surface area contributed by atoms with Crippen LogP contribution in [0.5, 0.6) is 0 Å². The van der Waals surface area contributed by atoms with Gasteiger partial charge in [0.2, 0.25) is 0 Å². The number of nitrogens with one attached hydrogen (secondary N) is 1. The van der Waals surface area contributed by atoms with Crippen LogP contribution in [-0.4, -0.2) is 47.8 Å². The molecule has 0 radical (unpaired) electrons. The van der Waals surface area contributed by atoms with E-state index in [0.29, 0.717) is 6.42 Å². The minimum absolute atomic E-state index is 0.0262. The zero-order chi connectivity index (χ0) is 12.9. The Bertz CT molecular complexity index is 443. The van der Waals surface area contributed by atoms with E-state index < -0.39 is 10.2 Å². The largest absolute Gasteiger partial charge is 0.396 e. The van der Waals surface area contributed by atoms with Crippen LogP contribution in [0.1, 0.15) is 12.1 Å². The third-order valence-electron chi connectivity index (χ3n) is 2.40. The Labute approximate surface area is 101 Å². The highest BCUT2D eigenvalue weighted by molar-refractivity contribution is 7.87. The van der Waals surface area contributed by atoms with E-state index in [1.54, 1.807) is 24.0 Å². The van der Waals surface area contributed by atoms with Gasteiger partial charge in [0, 0.05) is 33.4 Å². The smallest absolute Gasteiger partial charge is 0.279 e. The van der Waals surface area contributed by atoms with Crippen molar-refractivity contribution >= 4 is 10.2 Å². The topological polar surface area (TPSA) is 87.5 Å². The summed E-state index contributed by atoms with van der Waals surface area (Å²) < 4.78 is 28.7. The Kier molecular flexibility index (Phi) is 5.06. The lowest BCUT2D eigenvalue weighted by Gasteiger charge is -2.17. The number of hydrogen-bond acceptors (Lipinski definition) is 4. The van der Waals surface area contributed by atoms with Crippen molar-refractivity contribution in [2.24, 2.45) is 7.05 Å². The lowest BCUT2D eigenvalue weighted by molar-refractivity contribution is 0.275. The van der Waals surface area contributed by atoms with Crippen molar-refractivity contribution in [1.82, 2.24) is 18.8 Å². The van der Waals surface area contributed by atoms with Gasteiger partial charge in [0.1, 0.15) is 0 Å². The fraction of sp³-hybridized carbons (Fsp3) is 0.667. The normalized spacial score (nSPS) is 12.2. The van der Waals surface area contributed by atoms with Crippen LogP contribution >= 0.6 is 0 Å². The zero-order valence-corrected chi connectivity index (χ0v) is 10.8. The molecule has 0 bridgehead atoms. The number of aliphatic hydroxyl groups is 1. The first-order chi connectivity index (χ1) is 7.97. The fourth-order valence-electron chi connectivity index (χ4n) is 1.26. The van der Waals surface area contributed by atoms with Gasteiger partial charge in [-0.3, -0.25) is 4.68 Å². The second-order valence-electron chi connectivity index (χ2n) is 3.67. The highest BCUT2D eigenvalue weighted by Gasteiger charge is 2.16. The molecule has 0 unspecified atom stereocenters. The number of aromatic nitrogens is 2. The minimum atomic E-state index is -3.49. The molecule has 0 saturated carbocycles. The van der Waals surface area contributed by atoms with Gasteiger partial charge in [-0.25, -0.2) is 0 Å². The summed E-state index contributed by atoms with van der Waals surface area (Å²) in [5.41, 5.74) is 0.782. The lowest BCUT2D eigenvalue weighted by atomic mass is 10.4. The van der Waals surface area contributed by atoms with Gasteiger partial charge in [-0.1, -0.05) is 0 Å². The van der Waals surface area contributed by atoms with Crippen molar-refractivity contribution in [3.63, 3.8) is 0 Å². The molecule has 0 aliphatic rings. The van der Waals surface area contributed by atoms with Crippen molar-refractivity contribution < 1.29 is 13.5 Å². The summed E-state index contributed by atoms with van der Waals surface area (Å²) in [4.78, 5) is 0. The molecule has 0 atom stereocenters. The van der Waals surface area contributed by atoms with Crippen molar-refractivity contribution in [1.29, 1.82) is 0 Å². The van der Waals surface area contributed by atoms with Crippen molar-refractivity contribution in [3.05, 3.63) is 18.0 Å². The minimum Gasteiger partial charge on any atom is -0.396 e. The summed E-state index contributed by atoms with van der Waals surface area (Å²) in [6.45, 7) is 0.459. The van der Waals surface area contributed by atoms with Crippen LogP contribution in [0.2, 0.25) is 0 Å². The van der Waals surface area contributed by atoms with E-state index in [9.17, 15) is 8.42 Å². The highest BCUT2D eigenvalue weighted by atomic mass is 32.2. The first-order valence-electron chi connectivity index (χ1n) is 5.26. The van der Waals surface area contributed by atoms with Crippen molar-refractivity contribution in [2.75, 3.05) is 20.2 Å². The van der Waals surface area contributed by atoms with E-state index in [1.807, 2.05) is 0 Å². The molecular weight excluding hydrogens is 244 g/mol. The number of rotatable bonds is 7. The molecule has 0 spiro atoms. The van der Waals surface area contributed by atoms with Gasteiger partial charge >= 0.3 is 0 Å². The van der Waals surface area contributed by atoms with Crippen LogP contribution in [0.15, 0.2) is 12.3 Å². The van der Waals surface area contributed by atoms with E-state index >= 15 is 0 Å². The Balaban J connectivity index is 2.52. The molecule has 0 aromatic carbocycles. The molecule has 98 valence electrons. The van der Waals surface area contributed by atoms with Gasteiger partial charge in [0.25, 0.3) is 10.2 Å². The molecule has 1 aromatic rings. The molecule has 0 fully saturated rings. The van der Waals surface area contributed by atoms with Crippen LogP contribution < -0.4 is 4.72 Å². The summed E-state index contributed by atoms with van der Waals surface area (Å²) in [6.07, 6.45) is 2.03. The van der Waals surface area contributed by atoms with Gasteiger partial charge in [-0.2, -0.15) is 22.5 Å². The maximum atomic E-state index is 11.7. The van der Waals surface area contributed by atoms with E-state index in [0.717, 1.165) is 5.69 Å². The SMILES string of the molecule is CN(CCCO)S(=O)(=O)NCc1ccnn1C. The van der Waals surface area contributed by atoms with Crippen molar-refractivity contribution in [2.45, 2.75) is 13.0 Å². The molecule has 8 heteroatoms. The predicted octanol–water partition coefficient (Wildman–Crippen LogP) is -0.931. The quantitative estimate of drug-likeness (QED) is 0.664. The summed E-state index contributed by atoms with van der Waals surface area (Å²) in [7, 11) is -0.272. The summed E-state index contributed by atoms with van der Waals surface area (Å²) in [6, 6.07) is 1.75. The Morgan fingerprint density at radius 1 is 1.59 bits per heavy atom. The van der Waals surface area contributed by atoms with Crippen molar-refractivity contribution in [3.8, 4) is 0 Å². The Morgan fingerprint density at radius 2 is 2.29 bits per heavy atom. The average Bonchev–Trinajstić information content (AvgIpc) is 2.69. The summed E-state index contributed by atoms with van der Waals surface area (Å²) in [5, 5.41) is 12.6. The van der Waals surface area contributed by atoms with E-state index in [-0.39, 0.29) is 19.7 Å². The third-order valence-corrected chi connectivity index (χ3v) is 3.91. The highest BCUT2D eigenvalue weighted by Crippen LogP contribution is 2.00. The first-order valence-corrected chi connectivity index (χ1v) is 6.70. The molecule has 0 aliphatic heterocycles. The lowest BCUT2D eigenvalue weighted by Crippen LogP contribution is -2.38. The molecular formula is C9H18N4O3S. The van der Waals surface area contributed by atoms with Crippen LogP contribution in [0.3, 0.4) is 0 Å². The van der Waals surface area contributed by atoms with E-state index in [2.05, 4.69) is 9.82 Å². The van der Waals surface area contributed by atoms with Gasteiger partial charge < -0.3 is 5.11 Å². The third kappa shape index (κ3) is 4.08. The summed E-state index contributed by atoms with van der Waals surface area (Å²) >= 11 is 0. The molecule has 0 amide bonds. The molecule has 0 saturated heterocycles. The van der Waals surface area contributed by atoms with Gasteiger partial charge in [0.05, 0.1) is 12.2 Å². The van der Waals surface area contributed by atoms with Crippen LogP contribution in [-0.2, 0) is 23.8 Å². The number of aliphatic hydroxyl groups excluding tert-OH is 1. The molecule has 1 aromatic heterocycles. The van der Waals surface area contributed by atoms with E-state index in [4.69, 9.17) is 5.11 Å². The number of hydrogen-bond donors (Lipinski definition) is 2. The van der Waals surface area contributed by atoms with Crippen LogP contribution in [0, 0.1) is 0 Å². The maximum Gasteiger partial charge on any atom is 0.279 e. The van der Waals surface area contributed by atoms with Crippen LogP contribution in [0.4, 0.5) is 0 Å². The standard InChI is InChI=1S/C9H18N4O3S/c1-12(6-3-7-14)17(15,16)11-8-9-4-5-10-13(9)2/h4-5,11,14H,3,6-8H2,1-2H3. The van der Waals surface area contributed by atoms with Gasteiger partial charge in [-0.15, -0.1) is 0 Å². The van der Waals surface area contributed by atoms with Gasteiger partial charge in [0.15, 0.2) is 0 Å². The monoisotopic (exact) mass is 262 g/mol. The summed E-state index contributed by atoms with van der Waals surface area (Å²) in [5.74, 6) is 0. The second-order valence-corrected chi connectivity index (χ2v) is 5.53. The molecule has 0 aliphatic carbocycles. The van der Waals surface area contributed by atoms with Gasteiger partial charge in [-0.05, 0) is 12.5 Å². The fourth-order valence-corrected chi connectivity index (χ4v) is 2.18. The number of aryl methyl sites for hydroxylation is 1.